The van der Waals surface area contributed by atoms with Gasteiger partial charge in [0.15, 0.2) is 0 Å². The first-order chi connectivity index (χ1) is 9.53. The number of sulfone groups is 1. The molecule has 0 N–H and O–H groups in total. The number of fused-ring (bicyclic) bond motifs is 1. The molecule has 1 aliphatic heterocycles. The first-order valence-corrected chi connectivity index (χ1v) is 8.80. The van der Waals surface area contributed by atoms with Gasteiger partial charge in [0.05, 0.1) is 12.4 Å². The lowest BCUT2D eigenvalue weighted by Crippen LogP contribution is -2.22. The molecule has 20 heavy (non-hydrogen) atoms. The molecular formula is C15H20O4S. The van der Waals surface area contributed by atoms with E-state index in [0.29, 0.717) is 25.9 Å². The number of hydrogen-bond acceptors (Lipinski definition) is 4. The van der Waals surface area contributed by atoms with Crippen molar-refractivity contribution < 1.29 is 17.9 Å². The molecule has 5 heteroatoms. The maximum atomic E-state index is 12.3. The maximum absolute atomic E-state index is 12.3. The van der Waals surface area contributed by atoms with Crippen LogP contribution in [0, 0.1) is 0 Å². The van der Waals surface area contributed by atoms with Gasteiger partial charge in [0.2, 0.25) is 0 Å². The van der Waals surface area contributed by atoms with Gasteiger partial charge >= 0.3 is 0 Å². The molecule has 4 nitrogen and oxygen atoms in total. The molecule has 0 saturated heterocycles. The Morgan fingerprint density at radius 1 is 1.35 bits per heavy atom. The molecule has 0 aliphatic carbocycles. The average molecular weight is 296 g/mol. The second kappa shape index (κ2) is 6.39. The predicted molar refractivity (Wildman–Crippen MR) is 77.9 cm³/mol. The normalized spacial score (nSPS) is 18.1. The molecule has 1 aromatic carbocycles. The van der Waals surface area contributed by atoms with E-state index >= 15 is 0 Å². The fourth-order valence-corrected chi connectivity index (χ4v) is 3.33. The van der Waals surface area contributed by atoms with Crippen LogP contribution >= 0.6 is 0 Å². The topological polar surface area (TPSA) is 60.4 Å². The summed E-state index contributed by atoms with van der Waals surface area (Å²) in [5, 5.41) is 0. The van der Waals surface area contributed by atoms with Gasteiger partial charge in [0, 0.05) is 23.7 Å². The highest BCUT2D eigenvalue weighted by Gasteiger charge is 2.26. The van der Waals surface area contributed by atoms with Crippen LogP contribution in [0.1, 0.15) is 37.7 Å². The molecule has 0 saturated carbocycles. The lowest BCUT2D eigenvalue weighted by molar-refractivity contribution is -0.121. The Morgan fingerprint density at radius 3 is 2.85 bits per heavy atom. The van der Waals surface area contributed by atoms with Crippen LogP contribution in [0.3, 0.4) is 0 Å². The second-order valence-corrected chi connectivity index (χ2v) is 7.51. The Hall–Kier alpha value is -1.36. The number of carbonyl (C=O) groups excluding carboxylic acids is 1. The van der Waals surface area contributed by atoms with Crippen LogP contribution in [-0.2, 0) is 14.6 Å². The van der Waals surface area contributed by atoms with Gasteiger partial charge in [-0.25, -0.2) is 8.42 Å². The molecule has 110 valence electrons. The van der Waals surface area contributed by atoms with Crippen LogP contribution in [0.25, 0.3) is 0 Å². The second-order valence-electron chi connectivity index (χ2n) is 5.03. The van der Waals surface area contributed by atoms with Crippen molar-refractivity contribution in [2.75, 3.05) is 18.1 Å². The van der Waals surface area contributed by atoms with Crippen molar-refractivity contribution in [3.05, 3.63) is 29.8 Å². The average Bonchev–Trinajstić information content (AvgIpc) is 2.46. The van der Waals surface area contributed by atoms with Crippen molar-refractivity contribution in [2.45, 2.75) is 32.1 Å². The molecule has 1 heterocycles. The van der Waals surface area contributed by atoms with E-state index in [1.165, 1.54) is 0 Å². The van der Waals surface area contributed by atoms with Gasteiger partial charge in [-0.3, -0.25) is 4.79 Å². The van der Waals surface area contributed by atoms with E-state index < -0.39 is 9.84 Å². The van der Waals surface area contributed by atoms with Gasteiger partial charge in [-0.2, -0.15) is 0 Å². The zero-order chi connectivity index (χ0) is 14.6. The number of Topliss-reactive ketones (excluding diaryl/α,β-unsaturated/α-hetero) is 1. The van der Waals surface area contributed by atoms with Gasteiger partial charge < -0.3 is 4.74 Å². The van der Waals surface area contributed by atoms with E-state index in [1.807, 2.05) is 24.3 Å². The van der Waals surface area contributed by atoms with Gasteiger partial charge in [-0.15, -0.1) is 0 Å². The molecule has 0 spiro atoms. The largest absolute Gasteiger partial charge is 0.493 e. The third-order valence-electron chi connectivity index (χ3n) is 3.67. The maximum Gasteiger partial charge on any atom is 0.150 e. The van der Waals surface area contributed by atoms with Gasteiger partial charge in [-0.1, -0.05) is 25.1 Å². The molecule has 1 aromatic rings. The van der Waals surface area contributed by atoms with E-state index in [9.17, 15) is 13.2 Å². The number of ether oxygens (including phenoxy) is 1. The lowest BCUT2D eigenvalue weighted by Gasteiger charge is -2.24. The summed E-state index contributed by atoms with van der Waals surface area (Å²) < 4.78 is 28.4. The summed E-state index contributed by atoms with van der Waals surface area (Å²) in [5.41, 5.74) is 0.932. The van der Waals surface area contributed by atoms with Gasteiger partial charge in [-0.05, 0) is 18.9 Å². The van der Waals surface area contributed by atoms with Crippen molar-refractivity contribution in [3.8, 4) is 5.75 Å². The van der Waals surface area contributed by atoms with E-state index in [2.05, 4.69) is 0 Å². The third kappa shape index (κ3) is 3.60. The van der Waals surface area contributed by atoms with Crippen LogP contribution in [0.15, 0.2) is 24.3 Å². The van der Waals surface area contributed by atoms with Gasteiger partial charge in [0.25, 0.3) is 0 Å². The molecule has 0 radical (unpaired) electrons. The van der Waals surface area contributed by atoms with Crippen molar-refractivity contribution in [1.82, 2.24) is 0 Å². The number of ketones is 1. The Bertz CT molecular complexity index is 577. The summed E-state index contributed by atoms with van der Waals surface area (Å²) in [7, 11) is -2.98. The summed E-state index contributed by atoms with van der Waals surface area (Å²) in [6.07, 6.45) is 1.41. The molecule has 2 rings (SSSR count). The molecule has 1 atom stereocenters. The van der Waals surface area contributed by atoms with E-state index in [1.54, 1.807) is 6.92 Å². The molecule has 0 bridgehead atoms. The predicted octanol–water partition coefficient (Wildman–Crippen LogP) is 2.34. The minimum absolute atomic E-state index is 0.0973. The van der Waals surface area contributed by atoms with Crippen LogP contribution in [0.5, 0.6) is 5.75 Å². The minimum Gasteiger partial charge on any atom is -0.493 e. The highest BCUT2D eigenvalue weighted by Crippen LogP contribution is 2.34. The van der Waals surface area contributed by atoms with Crippen molar-refractivity contribution >= 4 is 15.6 Å². The van der Waals surface area contributed by atoms with Crippen LogP contribution in [0.4, 0.5) is 0 Å². The molecule has 0 aromatic heterocycles. The van der Waals surface area contributed by atoms with Gasteiger partial charge in [0.1, 0.15) is 21.4 Å². The van der Waals surface area contributed by atoms with E-state index in [-0.39, 0.29) is 23.2 Å². The van der Waals surface area contributed by atoms with Crippen molar-refractivity contribution in [1.29, 1.82) is 0 Å². The zero-order valence-electron chi connectivity index (χ0n) is 11.7. The summed E-state index contributed by atoms with van der Waals surface area (Å²) in [6, 6.07) is 7.57. The molecule has 1 unspecified atom stereocenters. The Labute approximate surface area is 120 Å². The third-order valence-corrected chi connectivity index (χ3v) is 5.46. The summed E-state index contributed by atoms with van der Waals surface area (Å²) in [6.45, 7) is 2.17. The van der Waals surface area contributed by atoms with Crippen LogP contribution < -0.4 is 4.74 Å². The standard InChI is InChI=1S/C15H20O4S/c1-2-20(17,18)11-5-7-14(16)12-9-10-19-15-8-4-3-6-13(12)15/h3-4,6,8,12H,2,5,7,9-11H2,1H3. The molecule has 1 aliphatic rings. The van der Waals surface area contributed by atoms with Crippen LogP contribution in [-0.4, -0.2) is 32.3 Å². The Balaban J connectivity index is 1.97. The smallest absolute Gasteiger partial charge is 0.150 e. The van der Waals surface area contributed by atoms with E-state index in [4.69, 9.17) is 4.74 Å². The Morgan fingerprint density at radius 2 is 2.10 bits per heavy atom. The number of benzene rings is 1. The minimum atomic E-state index is -2.98. The summed E-state index contributed by atoms with van der Waals surface area (Å²) >= 11 is 0. The molecule has 0 amide bonds. The van der Waals surface area contributed by atoms with Crippen molar-refractivity contribution in [2.24, 2.45) is 0 Å². The SMILES string of the molecule is CCS(=O)(=O)CCCC(=O)C1CCOc2ccccc21. The first-order valence-electron chi connectivity index (χ1n) is 6.98. The number of carbonyl (C=O) groups is 1. The number of hydrogen-bond donors (Lipinski definition) is 0. The monoisotopic (exact) mass is 296 g/mol. The quantitative estimate of drug-likeness (QED) is 0.808. The first kappa shape index (κ1) is 15.0. The van der Waals surface area contributed by atoms with Crippen LogP contribution in [0.2, 0.25) is 0 Å². The fraction of sp³-hybridized carbons (Fsp3) is 0.533. The van der Waals surface area contributed by atoms with Crippen molar-refractivity contribution in [3.63, 3.8) is 0 Å². The number of para-hydroxylation sites is 1. The molecular weight excluding hydrogens is 276 g/mol. The highest BCUT2D eigenvalue weighted by atomic mass is 32.2. The summed E-state index contributed by atoms with van der Waals surface area (Å²) in [4.78, 5) is 12.3. The fourth-order valence-electron chi connectivity index (χ4n) is 2.46. The highest BCUT2D eigenvalue weighted by molar-refractivity contribution is 7.91. The number of rotatable bonds is 6. The van der Waals surface area contributed by atoms with E-state index in [0.717, 1.165) is 11.3 Å². The summed E-state index contributed by atoms with van der Waals surface area (Å²) in [5.74, 6) is 0.983. The lowest BCUT2D eigenvalue weighted by atomic mass is 9.88. The Kier molecular flexibility index (Phi) is 4.81. The molecule has 0 fully saturated rings. The zero-order valence-corrected chi connectivity index (χ0v) is 12.5.